The van der Waals surface area contributed by atoms with Crippen molar-refractivity contribution in [2.24, 2.45) is 0 Å². The summed E-state index contributed by atoms with van der Waals surface area (Å²) in [4.78, 5) is 13.6. The van der Waals surface area contributed by atoms with Gasteiger partial charge in [0, 0.05) is 19.5 Å². The van der Waals surface area contributed by atoms with Crippen LogP contribution in [-0.2, 0) is 15.2 Å². The molecule has 0 aromatic rings. The Morgan fingerprint density at radius 2 is 1.11 bits per heavy atom. The van der Waals surface area contributed by atoms with Crippen molar-refractivity contribution in [1.82, 2.24) is 4.90 Å². The van der Waals surface area contributed by atoms with Crippen LogP contribution in [0.5, 0.6) is 0 Å². The van der Waals surface area contributed by atoms with Crippen LogP contribution in [0.3, 0.4) is 0 Å². The molecule has 0 rings (SSSR count). The van der Waals surface area contributed by atoms with Crippen LogP contribution in [0, 0.1) is 0 Å². The molecule has 0 bridgehead atoms. The first-order valence-electron chi connectivity index (χ1n) is 10.8. The Morgan fingerprint density at radius 1 is 0.750 bits per heavy atom. The molecule has 0 spiro atoms. The summed E-state index contributed by atoms with van der Waals surface area (Å²) >= 11 is 0. The summed E-state index contributed by atoms with van der Waals surface area (Å²) in [5.74, 6) is 0.199. The molecule has 0 aromatic carbocycles. The highest BCUT2D eigenvalue weighted by Crippen LogP contribution is 2.13. The second-order valence-electron chi connectivity index (χ2n) is 7.14. The SMILES string of the molecule is CCCCCCCCCCCCCCCC(=O)N(CC)CCO.O=S(=O)(O)O. The molecule has 170 valence electrons. The minimum absolute atomic E-state index is 0.0676. The summed E-state index contributed by atoms with van der Waals surface area (Å²) < 4.78 is 31.6. The number of amides is 1. The van der Waals surface area contributed by atoms with Gasteiger partial charge in [-0.15, -0.1) is 0 Å². The van der Waals surface area contributed by atoms with Crippen LogP contribution < -0.4 is 0 Å². The van der Waals surface area contributed by atoms with E-state index in [1.807, 2.05) is 6.92 Å². The van der Waals surface area contributed by atoms with Crippen LogP contribution in [0.4, 0.5) is 0 Å². The molecular formula is C20H43NO6S. The summed E-state index contributed by atoms with van der Waals surface area (Å²) in [6, 6.07) is 0. The number of hydrogen-bond acceptors (Lipinski definition) is 4. The molecule has 0 heterocycles. The Morgan fingerprint density at radius 3 is 1.43 bits per heavy atom. The third kappa shape index (κ3) is 27.5. The topological polar surface area (TPSA) is 115 Å². The van der Waals surface area contributed by atoms with Crippen molar-refractivity contribution in [3.63, 3.8) is 0 Å². The molecule has 3 N–H and O–H groups in total. The van der Waals surface area contributed by atoms with Crippen molar-refractivity contribution >= 4 is 16.3 Å². The lowest BCUT2D eigenvalue weighted by molar-refractivity contribution is -0.131. The Kier molecular flexibility index (Phi) is 22.1. The summed E-state index contributed by atoms with van der Waals surface area (Å²) in [7, 11) is -4.67. The summed E-state index contributed by atoms with van der Waals surface area (Å²) in [6.07, 6.45) is 17.9. The number of nitrogens with zero attached hydrogens (tertiary/aromatic N) is 1. The Labute approximate surface area is 172 Å². The second-order valence-corrected chi connectivity index (χ2v) is 8.03. The van der Waals surface area contributed by atoms with Gasteiger partial charge in [0.2, 0.25) is 5.91 Å². The van der Waals surface area contributed by atoms with Crippen molar-refractivity contribution in [3.05, 3.63) is 0 Å². The quantitative estimate of drug-likeness (QED) is 0.231. The highest BCUT2D eigenvalue weighted by molar-refractivity contribution is 7.79. The van der Waals surface area contributed by atoms with Gasteiger partial charge in [0.25, 0.3) is 0 Å². The first-order chi connectivity index (χ1) is 13.3. The van der Waals surface area contributed by atoms with E-state index in [4.69, 9.17) is 22.6 Å². The third-order valence-corrected chi connectivity index (χ3v) is 4.60. The molecule has 0 saturated heterocycles. The minimum atomic E-state index is -4.67. The lowest BCUT2D eigenvalue weighted by Crippen LogP contribution is -2.33. The molecule has 7 nitrogen and oxygen atoms in total. The molecule has 0 fully saturated rings. The zero-order chi connectivity index (χ0) is 21.7. The van der Waals surface area contributed by atoms with Crippen LogP contribution in [0.15, 0.2) is 0 Å². The summed E-state index contributed by atoms with van der Waals surface area (Å²) in [5, 5.41) is 8.91. The maximum atomic E-state index is 11.9. The van der Waals surface area contributed by atoms with Crippen LogP contribution in [0.2, 0.25) is 0 Å². The highest BCUT2D eigenvalue weighted by Gasteiger charge is 2.09. The number of hydrogen-bond donors (Lipinski definition) is 3. The van der Waals surface area contributed by atoms with E-state index < -0.39 is 10.4 Å². The van der Waals surface area contributed by atoms with E-state index in [0.29, 0.717) is 19.5 Å². The minimum Gasteiger partial charge on any atom is -0.395 e. The standard InChI is InChI=1S/C20H41NO2.H2O4S/c1-3-5-6-7-8-9-10-11-12-13-14-15-16-17-20(23)21(4-2)18-19-22;1-5(2,3)4/h22H,3-19H2,1-2H3;(H2,1,2,3,4). The average molecular weight is 426 g/mol. The van der Waals surface area contributed by atoms with Crippen molar-refractivity contribution < 1.29 is 27.4 Å². The summed E-state index contributed by atoms with van der Waals surface area (Å²) in [5.41, 5.74) is 0. The van der Waals surface area contributed by atoms with E-state index in [-0.39, 0.29) is 12.5 Å². The lowest BCUT2D eigenvalue weighted by atomic mass is 10.0. The molecule has 0 aliphatic heterocycles. The largest absolute Gasteiger partial charge is 0.395 e. The van der Waals surface area contributed by atoms with Crippen molar-refractivity contribution in [3.8, 4) is 0 Å². The molecule has 0 aromatic heterocycles. The van der Waals surface area contributed by atoms with Gasteiger partial charge in [-0.25, -0.2) is 0 Å². The van der Waals surface area contributed by atoms with Crippen molar-refractivity contribution in [1.29, 1.82) is 0 Å². The van der Waals surface area contributed by atoms with E-state index in [1.54, 1.807) is 4.90 Å². The molecule has 0 unspecified atom stereocenters. The van der Waals surface area contributed by atoms with Gasteiger partial charge in [0.1, 0.15) is 0 Å². The molecule has 0 atom stereocenters. The number of carbonyl (C=O) groups is 1. The molecule has 28 heavy (non-hydrogen) atoms. The number of aliphatic hydroxyl groups is 1. The molecule has 0 radical (unpaired) electrons. The fraction of sp³-hybridized carbons (Fsp3) is 0.950. The van der Waals surface area contributed by atoms with Gasteiger partial charge in [0.05, 0.1) is 6.61 Å². The number of carbonyl (C=O) groups excluding carboxylic acids is 1. The van der Waals surface area contributed by atoms with E-state index in [2.05, 4.69) is 6.92 Å². The predicted molar refractivity (Wildman–Crippen MR) is 114 cm³/mol. The number of rotatable bonds is 17. The molecular weight excluding hydrogens is 382 g/mol. The van der Waals surface area contributed by atoms with Gasteiger partial charge >= 0.3 is 10.4 Å². The van der Waals surface area contributed by atoms with Crippen LogP contribution in [0.25, 0.3) is 0 Å². The average Bonchev–Trinajstić information content (AvgIpc) is 2.62. The van der Waals surface area contributed by atoms with Crippen molar-refractivity contribution in [2.45, 2.75) is 104 Å². The molecule has 0 aliphatic rings. The zero-order valence-corrected chi connectivity index (χ0v) is 18.8. The van der Waals surface area contributed by atoms with Crippen LogP contribution >= 0.6 is 0 Å². The van der Waals surface area contributed by atoms with Crippen LogP contribution in [0.1, 0.15) is 104 Å². The normalized spacial score (nSPS) is 11.0. The van der Waals surface area contributed by atoms with Gasteiger partial charge in [-0.3, -0.25) is 13.9 Å². The third-order valence-electron chi connectivity index (χ3n) is 4.60. The maximum absolute atomic E-state index is 11.9. The Hall–Kier alpha value is -0.700. The van der Waals surface area contributed by atoms with Gasteiger partial charge in [0.15, 0.2) is 0 Å². The second kappa shape index (κ2) is 21.0. The first-order valence-corrected chi connectivity index (χ1v) is 12.2. The fourth-order valence-corrected chi connectivity index (χ4v) is 3.03. The van der Waals surface area contributed by atoms with Gasteiger partial charge in [-0.1, -0.05) is 84.0 Å². The van der Waals surface area contributed by atoms with E-state index in [0.717, 1.165) is 6.42 Å². The van der Waals surface area contributed by atoms with Gasteiger partial charge < -0.3 is 10.0 Å². The monoisotopic (exact) mass is 425 g/mol. The first kappa shape index (κ1) is 29.5. The Balaban J connectivity index is 0. The molecule has 8 heteroatoms. The lowest BCUT2D eigenvalue weighted by Gasteiger charge is -2.19. The molecule has 1 amide bonds. The maximum Gasteiger partial charge on any atom is 0.394 e. The van der Waals surface area contributed by atoms with E-state index in [1.165, 1.54) is 77.0 Å². The van der Waals surface area contributed by atoms with Gasteiger partial charge in [-0.05, 0) is 13.3 Å². The zero-order valence-electron chi connectivity index (χ0n) is 17.9. The number of aliphatic hydroxyl groups excluding tert-OH is 1. The van der Waals surface area contributed by atoms with E-state index in [9.17, 15) is 4.79 Å². The smallest absolute Gasteiger partial charge is 0.394 e. The fourth-order valence-electron chi connectivity index (χ4n) is 3.03. The van der Waals surface area contributed by atoms with Crippen molar-refractivity contribution in [2.75, 3.05) is 19.7 Å². The number of likely N-dealkylation sites (N-methyl/N-ethyl adjacent to an activating group) is 1. The molecule has 0 aliphatic carbocycles. The van der Waals surface area contributed by atoms with Gasteiger partial charge in [-0.2, -0.15) is 8.42 Å². The van der Waals surface area contributed by atoms with E-state index >= 15 is 0 Å². The number of unbranched alkanes of at least 4 members (excludes halogenated alkanes) is 12. The Bertz CT molecular complexity index is 434. The summed E-state index contributed by atoms with van der Waals surface area (Å²) in [6.45, 7) is 5.49. The highest BCUT2D eigenvalue weighted by atomic mass is 32.3. The van der Waals surface area contributed by atoms with Crippen LogP contribution in [-0.4, -0.2) is 53.1 Å². The molecule has 0 saturated carbocycles. The predicted octanol–water partition coefficient (Wildman–Crippen LogP) is 4.66.